The second-order valence-electron chi connectivity index (χ2n) is 0.760. The monoisotopic (exact) mass is 206 g/mol. The second-order valence-corrected chi connectivity index (χ2v) is 0.760. The SMILES string of the molecule is [Ba+2].[CH2-]/C=C\C[CH2-]. The van der Waals surface area contributed by atoms with Gasteiger partial charge in [0.2, 0.25) is 0 Å². The van der Waals surface area contributed by atoms with E-state index < -0.39 is 0 Å². The Bertz CT molecular complexity index is 30.9. The zero-order valence-corrected chi connectivity index (χ0v) is 8.42. The van der Waals surface area contributed by atoms with Crippen LogP contribution in [-0.4, -0.2) is 48.9 Å². The maximum absolute atomic E-state index is 3.55. The van der Waals surface area contributed by atoms with E-state index in [4.69, 9.17) is 0 Å². The summed E-state index contributed by atoms with van der Waals surface area (Å²) in [7, 11) is 0. The van der Waals surface area contributed by atoms with Crippen LogP contribution in [0.25, 0.3) is 0 Å². The molecule has 0 amide bonds. The first-order valence-corrected chi connectivity index (χ1v) is 1.65. The van der Waals surface area contributed by atoms with Crippen LogP contribution >= 0.6 is 0 Å². The smallest absolute Gasteiger partial charge is 0.356 e. The van der Waals surface area contributed by atoms with Crippen molar-refractivity contribution in [3.05, 3.63) is 26.0 Å². The van der Waals surface area contributed by atoms with E-state index in [-0.39, 0.29) is 48.9 Å². The van der Waals surface area contributed by atoms with Crippen LogP contribution < -0.4 is 0 Å². The average molecular weight is 205 g/mol. The van der Waals surface area contributed by atoms with Gasteiger partial charge in [0.1, 0.15) is 0 Å². The zero-order valence-electron chi connectivity index (χ0n) is 3.98. The van der Waals surface area contributed by atoms with Crippen LogP contribution in [0.4, 0.5) is 0 Å². The molecule has 6 heavy (non-hydrogen) atoms. The molecule has 0 radical (unpaired) electrons. The van der Waals surface area contributed by atoms with E-state index in [2.05, 4.69) is 13.8 Å². The first-order chi connectivity index (χ1) is 2.41. The molecule has 0 unspecified atom stereocenters. The van der Waals surface area contributed by atoms with Crippen molar-refractivity contribution in [3.63, 3.8) is 0 Å². The van der Waals surface area contributed by atoms with E-state index in [9.17, 15) is 0 Å². The van der Waals surface area contributed by atoms with Crippen LogP contribution in [0.15, 0.2) is 12.2 Å². The standard InChI is InChI=1S/C5H8.Ba/c1-3-5-4-2;/h3,5H,1-2,4H2;/q-2;+2/b5-3-;. The Kier molecular flexibility index (Phi) is 16.2. The van der Waals surface area contributed by atoms with Gasteiger partial charge in [-0.3, -0.25) is 6.08 Å². The topological polar surface area (TPSA) is 0 Å². The van der Waals surface area contributed by atoms with E-state index >= 15 is 0 Å². The fraction of sp³-hybridized carbons (Fsp3) is 0.200. The van der Waals surface area contributed by atoms with Gasteiger partial charge >= 0.3 is 48.9 Å². The maximum atomic E-state index is 3.55. The van der Waals surface area contributed by atoms with Gasteiger partial charge in [-0.15, -0.1) is 0 Å². The molecule has 30 valence electrons. The van der Waals surface area contributed by atoms with Crippen molar-refractivity contribution in [1.29, 1.82) is 0 Å². The van der Waals surface area contributed by atoms with Crippen molar-refractivity contribution in [2.24, 2.45) is 0 Å². The summed E-state index contributed by atoms with van der Waals surface area (Å²) in [6.45, 7) is 7.00. The second kappa shape index (κ2) is 9.49. The summed E-state index contributed by atoms with van der Waals surface area (Å²) in [5.74, 6) is 0. The van der Waals surface area contributed by atoms with Gasteiger partial charge in [-0.05, 0) is 0 Å². The van der Waals surface area contributed by atoms with Crippen LogP contribution in [-0.2, 0) is 0 Å². The van der Waals surface area contributed by atoms with Gasteiger partial charge in [-0.2, -0.15) is 0 Å². The predicted molar refractivity (Wildman–Crippen MR) is 30.2 cm³/mol. The normalized spacial score (nSPS) is 8.17. The molecule has 0 aliphatic carbocycles. The summed E-state index contributed by atoms with van der Waals surface area (Å²) < 4.78 is 0. The molecule has 0 aromatic carbocycles. The van der Waals surface area contributed by atoms with Crippen LogP contribution in [0.5, 0.6) is 0 Å². The number of hydrogen-bond donors (Lipinski definition) is 0. The first-order valence-electron chi connectivity index (χ1n) is 1.65. The largest absolute Gasteiger partial charge is 2.00 e. The molecular weight excluding hydrogens is 197 g/mol. The Morgan fingerprint density at radius 1 is 1.50 bits per heavy atom. The fourth-order valence-corrected chi connectivity index (χ4v) is 0.118. The van der Waals surface area contributed by atoms with Crippen molar-refractivity contribution < 1.29 is 0 Å². The molecule has 0 bridgehead atoms. The van der Waals surface area contributed by atoms with Gasteiger partial charge in [-0.25, -0.2) is 19.4 Å². The van der Waals surface area contributed by atoms with Crippen molar-refractivity contribution >= 4 is 48.9 Å². The summed E-state index contributed by atoms with van der Waals surface area (Å²) >= 11 is 0. The summed E-state index contributed by atoms with van der Waals surface area (Å²) in [4.78, 5) is 0. The molecular formula is C5H8Ba. The minimum atomic E-state index is 0. The van der Waals surface area contributed by atoms with E-state index in [1.54, 1.807) is 6.08 Å². The molecule has 0 aliphatic heterocycles. The molecule has 0 atom stereocenters. The van der Waals surface area contributed by atoms with E-state index in [0.717, 1.165) is 6.42 Å². The van der Waals surface area contributed by atoms with Crippen molar-refractivity contribution in [3.8, 4) is 0 Å². The minimum Gasteiger partial charge on any atom is -0.356 e. The third kappa shape index (κ3) is 8.95. The van der Waals surface area contributed by atoms with E-state index in [1.165, 1.54) is 0 Å². The Hall–Kier alpha value is 1.18. The van der Waals surface area contributed by atoms with Crippen LogP contribution in [0, 0.1) is 13.8 Å². The number of allylic oxidation sites excluding steroid dienone is 2. The van der Waals surface area contributed by atoms with Gasteiger partial charge < -0.3 is 6.92 Å². The molecule has 0 fully saturated rings. The minimum absolute atomic E-state index is 0. The van der Waals surface area contributed by atoms with E-state index in [0.29, 0.717) is 0 Å². The van der Waals surface area contributed by atoms with Gasteiger partial charge in [0.25, 0.3) is 0 Å². The molecule has 1 heteroatoms. The fourth-order valence-electron chi connectivity index (χ4n) is 0.118. The third-order valence-corrected chi connectivity index (χ3v) is 0.333. The Balaban J connectivity index is 0. The predicted octanol–water partition coefficient (Wildman–Crippen LogP) is 1.22. The summed E-state index contributed by atoms with van der Waals surface area (Å²) in [5, 5.41) is 0. The van der Waals surface area contributed by atoms with Gasteiger partial charge in [0.15, 0.2) is 0 Å². The summed E-state index contributed by atoms with van der Waals surface area (Å²) in [6.07, 6.45) is 4.50. The van der Waals surface area contributed by atoms with Crippen molar-refractivity contribution in [1.82, 2.24) is 0 Å². The molecule has 0 aromatic heterocycles. The van der Waals surface area contributed by atoms with Gasteiger partial charge in [0.05, 0.1) is 0 Å². The Labute approximate surface area is 80.1 Å². The number of rotatable bonds is 1. The Morgan fingerprint density at radius 3 is 2.00 bits per heavy atom. The van der Waals surface area contributed by atoms with E-state index in [1.807, 2.05) is 6.08 Å². The molecule has 0 aliphatic rings. The average Bonchev–Trinajstić information content (AvgIpc) is 1.41. The molecule has 0 rings (SSSR count). The van der Waals surface area contributed by atoms with Gasteiger partial charge in [-0.1, -0.05) is 0 Å². The summed E-state index contributed by atoms with van der Waals surface area (Å²) in [5.41, 5.74) is 0. The maximum Gasteiger partial charge on any atom is 2.00 e. The van der Waals surface area contributed by atoms with Crippen LogP contribution in [0.2, 0.25) is 0 Å². The first kappa shape index (κ1) is 10.2. The quantitative estimate of drug-likeness (QED) is 0.446. The summed E-state index contributed by atoms with van der Waals surface area (Å²) in [6, 6.07) is 0. The van der Waals surface area contributed by atoms with Crippen LogP contribution in [0.3, 0.4) is 0 Å². The molecule has 0 saturated carbocycles. The van der Waals surface area contributed by atoms with Crippen LogP contribution in [0.1, 0.15) is 6.42 Å². The Morgan fingerprint density at radius 2 is 2.00 bits per heavy atom. The van der Waals surface area contributed by atoms with Crippen molar-refractivity contribution in [2.75, 3.05) is 0 Å². The molecule has 0 spiro atoms. The molecule has 0 heterocycles. The van der Waals surface area contributed by atoms with Gasteiger partial charge in [0, 0.05) is 0 Å². The molecule has 0 aromatic rings. The molecule has 0 saturated heterocycles. The molecule has 0 N–H and O–H groups in total. The molecule has 0 nitrogen and oxygen atoms in total. The number of hydrogen-bond acceptors (Lipinski definition) is 0. The van der Waals surface area contributed by atoms with Crippen molar-refractivity contribution in [2.45, 2.75) is 6.42 Å². The zero-order chi connectivity index (χ0) is 4.12. The third-order valence-electron chi connectivity index (χ3n) is 0.333.